The number of fused-ring (bicyclic) bond motifs is 1. The summed E-state index contributed by atoms with van der Waals surface area (Å²) in [6.45, 7) is 0.310. The number of nitrogens with one attached hydrogen (secondary N) is 1. The summed E-state index contributed by atoms with van der Waals surface area (Å²) in [5, 5.41) is 6.44. The van der Waals surface area contributed by atoms with E-state index in [9.17, 15) is 9.59 Å². The summed E-state index contributed by atoms with van der Waals surface area (Å²) >= 11 is 0. The highest BCUT2D eigenvalue weighted by Crippen LogP contribution is 2.17. The highest BCUT2D eigenvalue weighted by Gasteiger charge is 2.26. The number of nitrogens with zero attached hydrogens (tertiary/aromatic N) is 4. The van der Waals surface area contributed by atoms with Gasteiger partial charge in [0.2, 0.25) is 5.91 Å². The van der Waals surface area contributed by atoms with Crippen molar-refractivity contribution in [3.8, 4) is 0 Å². The van der Waals surface area contributed by atoms with Crippen molar-refractivity contribution in [2.45, 2.75) is 6.42 Å². The number of amides is 3. The molecule has 0 aliphatic carbocycles. The quantitative estimate of drug-likeness (QED) is 0.722. The number of carbonyl (C=O) groups is 2. The van der Waals surface area contributed by atoms with Crippen molar-refractivity contribution in [2.75, 3.05) is 17.2 Å². The van der Waals surface area contributed by atoms with Crippen LogP contribution in [-0.4, -0.2) is 33.1 Å². The summed E-state index contributed by atoms with van der Waals surface area (Å²) in [6, 6.07) is 1.19. The van der Waals surface area contributed by atoms with E-state index in [2.05, 4.69) is 15.4 Å². The number of imide groups is 1. The van der Waals surface area contributed by atoms with E-state index in [1.807, 2.05) is 0 Å². The molecular formula is C10H10N6O2. The van der Waals surface area contributed by atoms with E-state index in [0.717, 1.165) is 0 Å². The average Bonchev–Trinajstić information content (AvgIpc) is 2.71. The number of hydrogen-bond donors (Lipinski definition) is 2. The third-order valence-electron chi connectivity index (χ3n) is 2.65. The Kier molecular flexibility index (Phi) is 2.15. The molecule has 0 bridgehead atoms. The number of anilines is 2. The van der Waals surface area contributed by atoms with Crippen LogP contribution in [0.25, 0.3) is 5.65 Å². The molecule has 0 aromatic carbocycles. The molecule has 8 heteroatoms. The van der Waals surface area contributed by atoms with E-state index in [0.29, 0.717) is 23.7 Å². The average molecular weight is 246 g/mol. The van der Waals surface area contributed by atoms with E-state index in [4.69, 9.17) is 5.73 Å². The summed E-state index contributed by atoms with van der Waals surface area (Å²) in [7, 11) is 0. The minimum atomic E-state index is -0.470. The van der Waals surface area contributed by atoms with Crippen LogP contribution in [-0.2, 0) is 4.79 Å². The van der Waals surface area contributed by atoms with Crippen molar-refractivity contribution in [3.63, 3.8) is 0 Å². The summed E-state index contributed by atoms with van der Waals surface area (Å²) in [5.41, 5.74) is 6.67. The number of rotatable bonds is 1. The molecule has 1 aliphatic rings. The fourth-order valence-corrected chi connectivity index (χ4v) is 1.79. The summed E-state index contributed by atoms with van der Waals surface area (Å²) in [4.78, 5) is 28.2. The van der Waals surface area contributed by atoms with E-state index >= 15 is 0 Å². The van der Waals surface area contributed by atoms with Gasteiger partial charge in [0.25, 0.3) is 0 Å². The van der Waals surface area contributed by atoms with Gasteiger partial charge in [-0.25, -0.2) is 14.3 Å². The largest absolute Gasteiger partial charge is 0.396 e. The van der Waals surface area contributed by atoms with Crippen molar-refractivity contribution in [3.05, 3.63) is 18.5 Å². The molecule has 1 fully saturated rings. The van der Waals surface area contributed by atoms with E-state index in [1.54, 1.807) is 12.3 Å². The van der Waals surface area contributed by atoms with Gasteiger partial charge in [0.05, 0.1) is 18.1 Å². The summed E-state index contributed by atoms with van der Waals surface area (Å²) < 4.78 is 1.49. The van der Waals surface area contributed by atoms with Crippen molar-refractivity contribution < 1.29 is 9.59 Å². The Morgan fingerprint density at radius 2 is 2.22 bits per heavy atom. The molecule has 8 nitrogen and oxygen atoms in total. The second-order valence-electron chi connectivity index (χ2n) is 3.95. The zero-order valence-corrected chi connectivity index (χ0v) is 9.33. The monoisotopic (exact) mass is 246 g/mol. The third-order valence-corrected chi connectivity index (χ3v) is 2.65. The van der Waals surface area contributed by atoms with Crippen molar-refractivity contribution >= 4 is 29.1 Å². The Morgan fingerprint density at radius 1 is 1.39 bits per heavy atom. The molecule has 0 radical (unpaired) electrons. The molecule has 3 heterocycles. The van der Waals surface area contributed by atoms with Crippen LogP contribution in [0, 0.1) is 0 Å². The maximum Gasteiger partial charge on any atom is 0.329 e. The molecule has 0 unspecified atom stereocenters. The van der Waals surface area contributed by atoms with Crippen LogP contribution in [0.1, 0.15) is 6.42 Å². The molecule has 18 heavy (non-hydrogen) atoms. The SMILES string of the molecule is Nc1cnc2cc(N3CCC(=O)NC3=O)nn2c1. The number of carbonyl (C=O) groups excluding carboxylic acids is 2. The maximum atomic E-state index is 11.6. The first-order chi connectivity index (χ1) is 8.63. The molecule has 3 rings (SSSR count). The van der Waals surface area contributed by atoms with Crippen molar-refractivity contribution in [2.24, 2.45) is 0 Å². The van der Waals surface area contributed by atoms with E-state index in [1.165, 1.54) is 15.6 Å². The lowest BCUT2D eigenvalue weighted by molar-refractivity contribution is -0.120. The Bertz CT molecular complexity index is 649. The first-order valence-corrected chi connectivity index (χ1v) is 5.36. The first-order valence-electron chi connectivity index (χ1n) is 5.36. The molecule has 2 aromatic rings. The second-order valence-corrected chi connectivity index (χ2v) is 3.95. The van der Waals surface area contributed by atoms with Crippen LogP contribution < -0.4 is 16.0 Å². The number of nitrogens with two attached hydrogens (primary N) is 1. The van der Waals surface area contributed by atoms with Gasteiger partial charge in [-0.15, -0.1) is 5.10 Å². The molecular weight excluding hydrogens is 236 g/mol. The second kappa shape index (κ2) is 3.69. The highest BCUT2D eigenvalue weighted by molar-refractivity contribution is 6.05. The highest BCUT2D eigenvalue weighted by atomic mass is 16.2. The van der Waals surface area contributed by atoms with Crippen LogP contribution >= 0.6 is 0 Å². The molecule has 0 spiro atoms. The van der Waals surface area contributed by atoms with Crippen LogP contribution in [0.15, 0.2) is 18.5 Å². The predicted octanol–water partition coefficient (Wildman–Crippen LogP) is -0.242. The molecule has 92 valence electrons. The Labute approximate surface area is 101 Å². The summed E-state index contributed by atoms with van der Waals surface area (Å²) in [6.07, 6.45) is 3.38. The van der Waals surface area contributed by atoms with Crippen molar-refractivity contribution in [1.29, 1.82) is 0 Å². The van der Waals surface area contributed by atoms with Gasteiger partial charge >= 0.3 is 6.03 Å². The van der Waals surface area contributed by atoms with Gasteiger partial charge in [0, 0.05) is 19.0 Å². The zero-order chi connectivity index (χ0) is 12.7. The van der Waals surface area contributed by atoms with Gasteiger partial charge in [-0.05, 0) is 0 Å². The van der Waals surface area contributed by atoms with Gasteiger partial charge in [-0.2, -0.15) is 0 Å². The topological polar surface area (TPSA) is 106 Å². The number of aromatic nitrogens is 3. The van der Waals surface area contributed by atoms with Crippen LogP contribution in [0.4, 0.5) is 16.3 Å². The fraction of sp³-hybridized carbons (Fsp3) is 0.200. The molecule has 1 aliphatic heterocycles. The molecule has 1 saturated heterocycles. The zero-order valence-electron chi connectivity index (χ0n) is 9.33. The van der Waals surface area contributed by atoms with Gasteiger partial charge in [-0.1, -0.05) is 0 Å². The normalized spacial score (nSPS) is 16.1. The number of nitrogen functional groups attached to an aromatic ring is 1. The van der Waals surface area contributed by atoms with E-state index < -0.39 is 6.03 Å². The lowest BCUT2D eigenvalue weighted by atomic mass is 10.3. The minimum Gasteiger partial charge on any atom is -0.396 e. The van der Waals surface area contributed by atoms with Crippen LogP contribution in [0.3, 0.4) is 0 Å². The molecule has 3 amide bonds. The summed E-state index contributed by atoms with van der Waals surface area (Å²) in [5.74, 6) is 0.167. The van der Waals surface area contributed by atoms with Gasteiger partial charge in [0.15, 0.2) is 11.5 Å². The standard InChI is InChI=1S/C10H10N6O2/c11-6-4-12-7-3-8(14-16(7)5-6)15-2-1-9(17)13-10(15)18/h3-5H,1-2,11H2,(H,13,17,18). The third kappa shape index (κ3) is 1.63. The van der Waals surface area contributed by atoms with Crippen LogP contribution in [0.5, 0.6) is 0 Å². The first kappa shape index (κ1) is 10.5. The Morgan fingerprint density at radius 3 is 3.00 bits per heavy atom. The Hall–Kier alpha value is -2.64. The number of hydrogen-bond acceptors (Lipinski definition) is 5. The molecule has 0 saturated carbocycles. The predicted molar refractivity (Wildman–Crippen MR) is 62.9 cm³/mol. The van der Waals surface area contributed by atoms with E-state index in [-0.39, 0.29) is 12.3 Å². The Balaban J connectivity index is 1.99. The lowest BCUT2D eigenvalue weighted by Crippen LogP contribution is -2.49. The van der Waals surface area contributed by atoms with Crippen LogP contribution in [0.2, 0.25) is 0 Å². The van der Waals surface area contributed by atoms with Gasteiger partial charge in [-0.3, -0.25) is 15.0 Å². The molecule has 3 N–H and O–H groups in total. The molecule has 2 aromatic heterocycles. The van der Waals surface area contributed by atoms with Gasteiger partial charge < -0.3 is 5.73 Å². The smallest absolute Gasteiger partial charge is 0.329 e. The minimum absolute atomic E-state index is 0.259. The molecule has 0 atom stereocenters. The number of urea groups is 1. The van der Waals surface area contributed by atoms with Gasteiger partial charge in [0.1, 0.15) is 0 Å². The van der Waals surface area contributed by atoms with Crippen molar-refractivity contribution in [1.82, 2.24) is 19.9 Å². The maximum absolute atomic E-state index is 11.6. The lowest BCUT2D eigenvalue weighted by Gasteiger charge is -2.23. The fourth-order valence-electron chi connectivity index (χ4n) is 1.79.